The minimum absolute atomic E-state index is 0.0655. The summed E-state index contributed by atoms with van der Waals surface area (Å²) in [6, 6.07) is 5.42. The zero-order valence-electron chi connectivity index (χ0n) is 21.6. The molecular formula is C27H28N4O8. The second kappa shape index (κ2) is 9.24. The SMILES string of the molecule is CC[C@@]1(O)C(=O)OCc2c1cc1n(c2=O)Cc2c-1nc1cc3c(cc1c2CN(C)CCCNC(=O)O)OCO3. The van der Waals surface area contributed by atoms with Crippen molar-refractivity contribution in [2.24, 2.45) is 0 Å². The number of pyridine rings is 2. The molecule has 3 aromatic rings. The number of amides is 1. The Morgan fingerprint density at radius 1 is 1.18 bits per heavy atom. The number of hydrogen-bond donors (Lipinski definition) is 3. The molecule has 3 aliphatic heterocycles. The van der Waals surface area contributed by atoms with Gasteiger partial charge in [-0.3, -0.25) is 4.79 Å². The maximum absolute atomic E-state index is 13.6. The van der Waals surface area contributed by atoms with Crippen LogP contribution in [0.25, 0.3) is 22.3 Å². The van der Waals surface area contributed by atoms with Crippen molar-refractivity contribution in [3.8, 4) is 22.9 Å². The highest BCUT2D eigenvalue weighted by atomic mass is 16.7. The largest absolute Gasteiger partial charge is 0.465 e. The van der Waals surface area contributed by atoms with E-state index in [1.807, 2.05) is 19.2 Å². The molecule has 204 valence electrons. The molecule has 12 nitrogen and oxygen atoms in total. The average Bonchev–Trinajstić information content (AvgIpc) is 3.52. The maximum atomic E-state index is 13.6. The number of carbonyl (C=O) groups excluding carboxylic acids is 1. The molecule has 0 unspecified atom stereocenters. The fraction of sp³-hybridized carbons (Fsp3) is 0.407. The van der Waals surface area contributed by atoms with E-state index in [9.17, 15) is 19.5 Å². The summed E-state index contributed by atoms with van der Waals surface area (Å²) >= 11 is 0. The van der Waals surface area contributed by atoms with E-state index in [0.717, 1.165) is 16.5 Å². The van der Waals surface area contributed by atoms with Gasteiger partial charge in [0.15, 0.2) is 17.1 Å². The van der Waals surface area contributed by atoms with Crippen LogP contribution in [-0.4, -0.2) is 63.7 Å². The number of cyclic esters (lactones) is 1. The van der Waals surface area contributed by atoms with E-state index in [1.54, 1.807) is 17.6 Å². The normalized spacial score (nSPS) is 18.6. The number of carboxylic acid groups (broad SMARTS) is 1. The zero-order valence-corrected chi connectivity index (χ0v) is 21.6. The molecule has 0 spiro atoms. The number of esters is 1. The lowest BCUT2D eigenvalue weighted by atomic mass is 9.86. The van der Waals surface area contributed by atoms with E-state index in [-0.39, 0.29) is 43.1 Å². The number of hydrogen-bond acceptors (Lipinski definition) is 9. The van der Waals surface area contributed by atoms with Gasteiger partial charge in [0.05, 0.1) is 29.0 Å². The summed E-state index contributed by atoms with van der Waals surface area (Å²) in [5, 5.41) is 23.3. The highest BCUT2D eigenvalue weighted by Gasteiger charge is 2.45. The Bertz CT molecular complexity index is 1600. The molecule has 6 rings (SSSR count). The predicted octanol–water partition coefficient (Wildman–Crippen LogP) is 1.90. The monoisotopic (exact) mass is 536 g/mol. The van der Waals surface area contributed by atoms with Crippen LogP contribution in [0.2, 0.25) is 0 Å². The van der Waals surface area contributed by atoms with Crippen molar-refractivity contribution in [3.63, 3.8) is 0 Å². The Morgan fingerprint density at radius 2 is 1.95 bits per heavy atom. The summed E-state index contributed by atoms with van der Waals surface area (Å²) in [6.45, 7) is 3.35. The van der Waals surface area contributed by atoms with Crippen molar-refractivity contribution in [3.05, 3.63) is 50.8 Å². The summed E-state index contributed by atoms with van der Waals surface area (Å²) in [5.74, 6) is 0.433. The molecule has 0 bridgehead atoms. The molecule has 0 aliphatic carbocycles. The van der Waals surface area contributed by atoms with Crippen molar-refractivity contribution < 1.29 is 34.0 Å². The van der Waals surface area contributed by atoms with Crippen LogP contribution in [0, 0.1) is 0 Å². The molecule has 0 saturated heterocycles. The van der Waals surface area contributed by atoms with Crippen LogP contribution in [0.15, 0.2) is 23.0 Å². The van der Waals surface area contributed by atoms with Crippen LogP contribution >= 0.6 is 0 Å². The van der Waals surface area contributed by atoms with Gasteiger partial charge in [-0.2, -0.15) is 0 Å². The van der Waals surface area contributed by atoms with Crippen LogP contribution in [0.5, 0.6) is 11.5 Å². The Balaban J connectivity index is 1.48. The second-order valence-corrected chi connectivity index (χ2v) is 10.1. The van der Waals surface area contributed by atoms with Crippen LogP contribution in [0.1, 0.15) is 42.0 Å². The number of nitrogens with zero attached hydrogens (tertiary/aromatic N) is 3. The molecule has 2 aromatic heterocycles. The van der Waals surface area contributed by atoms with E-state index < -0.39 is 17.7 Å². The third kappa shape index (κ3) is 3.98. The van der Waals surface area contributed by atoms with Gasteiger partial charge in [-0.05, 0) is 44.1 Å². The highest BCUT2D eigenvalue weighted by Crippen LogP contribution is 2.43. The van der Waals surface area contributed by atoms with Crippen LogP contribution in [-0.2, 0) is 34.8 Å². The molecule has 12 heteroatoms. The molecule has 0 radical (unpaired) electrons. The van der Waals surface area contributed by atoms with E-state index in [1.165, 1.54) is 0 Å². The zero-order chi connectivity index (χ0) is 27.5. The minimum atomic E-state index is -1.90. The van der Waals surface area contributed by atoms with Crippen LogP contribution < -0.4 is 20.3 Å². The first-order valence-corrected chi connectivity index (χ1v) is 12.8. The maximum Gasteiger partial charge on any atom is 0.404 e. The number of carbonyl (C=O) groups is 2. The number of aromatic nitrogens is 2. The lowest BCUT2D eigenvalue weighted by molar-refractivity contribution is -0.172. The fourth-order valence-electron chi connectivity index (χ4n) is 5.63. The van der Waals surface area contributed by atoms with Gasteiger partial charge in [0, 0.05) is 35.7 Å². The molecular weight excluding hydrogens is 508 g/mol. The molecule has 1 atom stereocenters. The van der Waals surface area contributed by atoms with Gasteiger partial charge in [-0.15, -0.1) is 0 Å². The first kappa shape index (κ1) is 25.1. The number of benzene rings is 1. The van der Waals surface area contributed by atoms with Gasteiger partial charge in [0.25, 0.3) is 5.56 Å². The topological polar surface area (TPSA) is 152 Å². The third-order valence-corrected chi connectivity index (χ3v) is 7.72. The lowest BCUT2D eigenvalue weighted by Gasteiger charge is -2.31. The van der Waals surface area contributed by atoms with E-state index >= 15 is 0 Å². The molecule has 3 N–H and O–H groups in total. The number of fused-ring (bicyclic) bond motifs is 6. The molecule has 1 aromatic carbocycles. The van der Waals surface area contributed by atoms with Gasteiger partial charge in [0.2, 0.25) is 6.79 Å². The van der Waals surface area contributed by atoms with E-state index in [2.05, 4.69) is 10.2 Å². The second-order valence-electron chi connectivity index (χ2n) is 10.1. The minimum Gasteiger partial charge on any atom is -0.465 e. The number of rotatable bonds is 7. The molecule has 5 heterocycles. The molecule has 0 fully saturated rings. The van der Waals surface area contributed by atoms with E-state index in [0.29, 0.717) is 54.5 Å². The molecule has 39 heavy (non-hydrogen) atoms. The molecule has 3 aliphatic rings. The third-order valence-electron chi connectivity index (χ3n) is 7.72. The van der Waals surface area contributed by atoms with Gasteiger partial charge < -0.3 is 39.2 Å². The Morgan fingerprint density at radius 3 is 2.69 bits per heavy atom. The number of nitrogens with one attached hydrogen (secondary N) is 1. The molecule has 0 saturated carbocycles. The summed E-state index contributed by atoms with van der Waals surface area (Å²) in [4.78, 5) is 43.9. The first-order valence-electron chi connectivity index (χ1n) is 12.8. The average molecular weight is 537 g/mol. The fourth-order valence-corrected chi connectivity index (χ4v) is 5.63. The van der Waals surface area contributed by atoms with Crippen molar-refractivity contribution in [1.82, 2.24) is 19.8 Å². The number of aliphatic hydroxyl groups is 1. The van der Waals surface area contributed by atoms with Gasteiger partial charge >= 0.3 is 12.1 Å². The van der Waals surface area contributed by atoms with Crippen molar-refractivity contribution in [2.75, 3.05) is 26.9 Å². The van der Waals surface area contributed by atoms with Crippen molar-refractivity contribution >= 4 is 23.0 Å². The first-order chi connectivity index (χ1) is 18.7. The standard InChI is InChI=1S/C27H28N4O8/c1-3-27(36)18-8-20-23-16(11-31(20)24(32)17(18)12-37-25(27)33)15(10-30(2)6-4-5-28-26(34)35)14-7-21-22(39-13-38-21)9-19(14)29-23/h7-9,28,36H,3-6,10-13H2,1-2H3,(H,34,35)/t27-/m0/s1. The summed E-state index contributed by atoms with van der Waals surface area (Å²) in [7, 11) is 1.95. The van der Waals surface area contributed by atoms with Gasteiger partial charge in [-0.25, -0.2) is 14.6 Å². The van der Waals surface area contributed by atoms with Crippen molar-refractivity contribution in [2.45, 2.75) is 45.1 Å². The molecule has 1 amide bonds. The lowest BCUT2D eigenvalue weighted by Crippen LogP contribution is -2.44. The predicted molar refractivity (Wildman–Crippen MR) is 138 cm³/mol. The van der Waals surface area contributed by atoms with Crippen LogP contribution in [0.3, 0.4) is 0 Å². The summed E-state index contributed by atoms with van der Waals surface area (Å²) in [5.41, 5.74) is 1.94. The van der Waals surface area contributed by atoms with Gasteiger partial charge in [-0.1, -0.05) is 6.92 Å². The Kier molecular flexibility index (Phi) is 5.96. The summed E-state index contributed by atoms with van der Waals surface area (Å²) in [6.07, 6.45) is -0.369. The van der Waals surface area contributed by atoms with Crippen LogP contribution in [0.4, 0.5) is 4.79 Å². The number of ether oxygens (including phenoxy) is 3. The highest BCUT2D eigenvalue weighted by molar-refractivity contribution is 5.91. The quantitative estimate of drug-likeness (QED) is 0.236. The van der Waals surface area contributed by atoms with Crippen molar-refractivity contribution in [1.29, 1.82) is 0 Å². The van der Waals surface area contributed by atoms with Gasteiger partial charge in [0.1, 0.15) is 6.61 Å². The smallest absolute Gasteiger partial charge is 0.404 e. The Hall–Kier alpha value is -4.16. The van der Waals surface area contributed by atoms with E-state index in [4.69, 9.17) is 24.3 Å². The Labute approximate surface area is 222 Å². The summed E-state index contributed by atoms with van der Waals surface area (Å²) < 4.78 is 18.0.